The summed E-state index contributed by atoms with van der Waals surface area (Å²) in [4.78, 5) is 25.4. The van der Waals surface area contributed by atoms with Gasteiger partial charge in [-0.1, -0.05) is 36.9 Å². The van der Waals surface area contributed by atoms with Gasteiger partial charge in [-0.2, -0.15) is 0 Å². The van der Waals surface area contributed by atoms with Crippen LogP contribution in [0.1, 0.15) is 13.3 Å². The molecule has 4 aromatic rings. The molecule has 0 fully saturated rings. The summed E-state index contributed by atoms with van der Waals surface area (Å²) >= 11 is 1.09. The molecule has 0 saturated carbocycles. The van der Waals surface area contributed by atoms with Crippen LogP contribution in [0.25, 0.3) is 11.3 Å². The highest BCUT2D eigenvalue weighted by molar-refractivity contribution is 8.00. The van der Waals surface area contributed by atoms with Crippen molar-refractivity contribution in [3.63, 3.8) is 0 Å². The summed E-state index contributed by atoms with van der Waals surface area (Å²) in [6.07, 6.45) is 3.63. The highest BCUT2D eigenvalue weighted by Crippen LogP contribution is 2.26. The minimum atomic E-state index is -0.732. The van der Waals surface area contributed by atoms with Crippen molar-refractivity contribution >= 4 is 29.0 Å². The summed E-state index contributed by atoms with van der Waals surface area (Å²) in [6, 6.07) is 11.9. The van der Waals surface area contributed by atoms with E-state index in [4.69, 9.17) is 0 Å². The summed E-state index contributed by atoms with van der Waals surface area (Å²) in [5.41, 5.74) is 0.212. The van der Waals surface area contributed by atoms with Crippen molar-refractivity contribution in [3.8, 4) is 5.69 Å². The number of carbonyl (C=O) groups is 1. The Bertz CT molecular complexity index is 1310. The highest BCUT2D eigenvalue weighted by Gasteiger charge is 2.23. The number of carbonyl (C=O) groups excluding carboxylic acids is 1. The third-order valence-electron chi connectivity index (χ3n) is 4.57. The van der Waals surface area contributed by atoms with Crippen LogP contribution in [-0.4, -0.2) is 30.3 Å². The average molecular weight is 441 g/mol. The Hall–Kier alpha value is -3.53. The van der Waals surface area contributed by atoms with E-state index in [-0.39, 0.29) is 16.9 Å². The summed E-state index contributed by atoms with van der Waals surface area (Å²) in [5.74, 6) is -1.90. The molecule has 0 unspecified atom stereocenters. The first kappa shape index (κ1) is 20.7. The number of rotatable bonds is 6. The summed E-state index contributed by atoms with van der Waals surface area (Å²) < 4.78 is 30.2. The highest BCUT2D eigenvalue weighted by atomic mass is 32.2. The van der Waals surface area contributed by atoms with Crippen LogP contribution < -0.4 is 10.9 Å². The molecule has 0 radical (unpaired) electrons. The Kier molecular flexibility index (Phi) is 5.81. The Morgan fingerprint density at radius 3 is 2.65 bits per heavy atom. The molecule has 0 aliphatic rings. The first-order valence-corrected chi connectivity index (χ1v) is 10.3. The molecule has 1 amide bonds. The molecule has 0 spiro atoms. The molecular weight excluding hydrogens is 424 g/mol. The van der Waals surface area contributed by atoms with E-state index in [0.29, 0.717) is 17.3 Å². The van der Waals surface area contributed by atoms with Gasteiger partial charge in [0.1, 0.15) is 11.6 Å². The van der Waals surface area contributed by atoms with Crippen LogP contribution in [0.5, 0.6) is 0 Å². The number of thioether (sulfide) groups is 1. The maximum absolute atomic E-state index is 13.9. The molecular formula is C21H17F2N5O2S. The fourth-order valence-electron chi connectivity index (χ4n) is 2.99. The number of benzene rings is 2. The van der Waals surface area contributed by atoms with E-state index in [9.17, 15) is 18.4 Å². The second-order valence-corrected chi connectivity index (χ2v) is 7.78. The molecule has 2 aromatic carbocycles. The third-order valence-corrected chi connectivity index (χ3v) is 5.89. The number of amides is 1. The first-order chi connectivity index (χ1) is 15.0. The summed E-state index contributed by atoms with van der Waals surface area (Å²) in [7, 11) is 0. The van der Waals surface area contributed by atoms with Crippen molar-refractivity contribution in [2.45, 2.75) is 23.8 Å². The van der Waals surface area contributed by atoms with Gasteiger partial charge in [-0.25, -0.2) is 8.78 Å². The van der Waals surface area contributed by atoms with E-state index >= 15 is 0 Å². The smallest absolute Gasteiger partial charge is 0.300 e. The number of anilines is 1. The molecule has 0 saturated heterocycles. The van der Waals surface area contributed by atoms with Gasteiger partial charge in [-0.3, -0.25) is 18.6 Å². The van der Waals surface area contributed by atoms with Crippen molar-refractivity contribution in [3.05, 3.63) is 82.9 Å². The van der Waals surface area contributed by atoms with Crippen molar-refractivity contribution in [1.29, 1.82) is 0 Å². The number of aromatic nitrogens is 4. The van der Waals surface area contributed by atoms with Gasteiger partial charge in [-0.05, 0) is 30.7 Å². The molecule has 2 aromatic heterocycles. The predicted molar refractivity (Wildman–Crippen MR) is 114 cm³/mol. The van der Waals surface area contributed by atoms with Crippen molar-refractivity contribution < 1.29 is 13.6 Å². The van der Waals surface area contributed by atoms with Gasteiger partial charge >= 0.3 is 5.56 Å². The predicted octanol–water partition coefficient (Wildman–Crippen LogP) is 3.67. The lowest BCUT2D eigenvalue weighted by molar-refractivity contribution is -0.115. The lowest BCUT2D eigenvalue weighted by atomic mass is 10.2. The lowest BCUT2D eigenvalue weighted by Gasteiger charge is -2.14. The number of nitrogens with zero attached hydrogens (tertiary/aromatic N) is 4. The topological polar surface area (TPSA) is 81.3 Å². The van der Waals surface area contributed by atoms with Crippen molar-refractivity contribution in [2.24, 2.45) is 0 Å². The lowest BCUT2D eigenvalue weighted by Crippen LogP contribution is -2.25. The maximum atomic E-state index is 13.9. The molecule has 31 heavy (non-hydrogen) atoms. The number of hydrogen-bond donors (Lipinski definition) is 1. The van der Waals surface area contributed by atoms with Gasteiger partial charge in [0.15, 0.2) is 5.16 Å². The molecule has 0 bridgehead atoms. The van der Waals surface area contributed by atoms with E-state index in [2.05, 4.69) is 15.5 Å². The average Bonchev–Trinajstić information content (AvgIpc) is 3.19. The summed E-state index contributed by atoms with van der Waals surface area (Å²) in [6.45, 7) is 1.78. The third kappa shape index (κ3) is 4.19. The van der Waals surface area contributed by atoms with Crippen LogP contribution in [0.3, 0.4) is 0 Å². The standard InChI is InChI=1S/C21H17F2N5O2S/c1-2-17(19(29)24-16-12-13(22)8-9-15(16)23)31-21-26-25-18-20(30)27(10-11-28(18)21)14-6-4-3-5-7-14/h3-12,17H,2H2,1H3,(H,24,29)/t17-/m0/s1. The van der Waals surface area contributed by atoms with Gasteiger partial charge in [0.05, 0.1) is 10.9 Å². The molecule has 1 N–H and O–H groups in total. The number of hydrogen-bond acceptors (Lipinski definition) is 5. The van der Waals surface area contributed by atoms with Gasteiger partial charge < -0.3 is 5.32 Å². The van der Waals surface area contributed by atoms with E-state index in [1.807, 2.05) is 18.2 Å². The largest absolute Gasteiger partial charge is 0.323 e. The number of fused-ring (bicyclic) bond motifs is 1. The van der Waals surface area contributed by atoms with Gasteiger partial charge in [0, 0.05) is 24.1 Å². The van der Waals surface area contributed by atoms with Gasteiger partial charge in [0.25, 0.3) is 0 Å². The van der Waals surface area contributed by atoms with Crippen LogP contribution in [0, 0.1) is 11.6 Å². The molecule has 2 heterocycles. The molecule has 7 nitrogen and oxygen atoms in total. The molecule has 0 aliphatic carbocycles. The number of nitrogens with one attached hydrogen (secondary N) is 1. The Morgan fingerprint density at radius 2 is 1.90 bits per heavy atom. The summed E-state index contributed by atoms with van der Waals surface area (Å²) in [5, 5.41) is 10.1. The van der Waals surface area contributed by atoms with Crippen LogP contribution in [0.4, 0.5) is 14.5 Å². The molecule has 4 rings (SSSR count). The minimum absolute atomic E-state index is 0.111. The number of para-hydroxylation sites is 1. The molecule has 158 valence electrons. The fourth-order valence-corrected chi connectivity index (χ4v) is 3.93. The maximum Gasteiger partial charge on any atom is 0.300 e. The zero-order valence-corrected chi connectivity index (χ0v) is 17.1. The van der Waals surface area contributed by atoms with Crippen molar-refractivity contribution in [2.75, 3.05) is 5.32 Å². The second kappa shape index (κ2) is 8.68. The zero-order valence-electron chi connectivity index (χ0n) is 16.3. The van der Waals surface area contributed by atoms with Crippen LogP contribution in [0.2, 0.25) is 0 Å². The minimum Gasteiger partial charge on any atom is -0.323 e. The Balaban J connectivity index is 1.60. The van der Waals surface area contributed by atoms with Crippen LogP contribution in [-0.2, 0) is 4.79 Å². The first-order valence-electron chi connectivity index (χ1n) is 9.42. The van der Waals surface area contributed by atoms with Crippen LogP contribution >= 0.6 is 11.8 Å². The van der Waals surface area contributed by atoms with Crippen LogP contribution in [0.15, 0.2) is 70.9 Å². The van der Waals surface area contributed by atoms with E-state index in [1.165, 1.54) is 8.97 Å². The zero-order chi connectivity index (χ0) is 22.0. The second-order valence-electron chi connectivity index (χ2n) is 6.61. The number of halogens is 2. The van der Waals surface area contributed by atoms with Gasteiger partial charge in [-0.15, -0.1) is 10.2 Å². The normalized spacial score (nSPS) is 12.1. The van der Waals surface area contributed by atoms with Gasteiger partial charge in [0.2, 0.25) is 11.6 Å². The van der Waals surface area contributed by atoms with E-state index in [0.717, 1.165) is 30.0 Å². The molecule has 1 atom stereocenters. The quantitative estimate of drug-likeness (QED) is 0.462. The fraction of sp³-hybridized carbons (Fsp3) is 0.143. The Labute approximate surface area is 179 Å². The molecule has 0 aliphatic heterocycles. The molecule has 10 heteroatoms. The Morgan fingerprint density at radius 1 is 1.13 bits per heavy atom. The van der Waals surface area contributed by atoms with E-state index in [1.54, 1.807) is 31.5 Å². The van der Waals surface area contributed by atoms with E-state index < -0.39 is 22.8 Å². The monoisotopic (exact) mass is 441 g/mol. The van der Waals surface area contributed by atoms with Crippen molar-refractivity contribution in [1.82, 2.24) is 19.2 Å². The SMILES string of the molecule is CC[C@H](Sc1nnc2c(=O)n(-c3ccccc3)ccn12)C(=O)Nc1cc(F)ccc1F.